The van der Waals surface area contributed by atoms with Crippen LogP contribution in [0.2, 0.25) is 0 Å². The molecule has 20 heavy (non-hydrogen) atoms. The Labute approximate surface area is 111 Å². The van der Waals surface area contributed by atoms with Crippen LogP contribution in [0.3, 0.4) is 0 Å². The van der Waals surface area contributed by atoms with Gasteiger partial charge in [0.25, 0.3) is 0 Å². The zero-order valence-electron chi connectivity index (χ0n) is 10.0. The molecule has 0 aliphatic carbocycles. The van der Waals surface area contributed by atoms with Gasteiger partial charge in [-0.1, -0.05) is 24.3 Å². The molecule has 2 nitrogen and oxygen atoms in total. The van der Waals surface area contributed by atoms with Crippen LogP contribution < -0.4 is 5.73 Å². The van der Waals surface area contributed by atoms with Gasteiger partial charge >= 0.3 is 6.18 Å². The van der Waals surface area contributed by atoms with Crippen LogP contribution in [0.25, 0.3) is 11.1 Å². The van der Waals surface area contributed by atoms with Crippen molar-refractivity contribution in [2.24, 2.45) is 5.73 Å². The van der Waals surface area contributed by atoms with Crippen LogP contribution >= 0.6 is 0 Å². The van der Waals surface area contributed by atoms with E-state index in [1.807, 2.05) is 0 Å². The molecule has 2 aromatic rings. The molecule has 2 N–H and O–H groups in total. The van der Waals surface area contributed by atoms with E-state index in [2.05, 4.69) is 0 Å². The van der Waals surface area contributed by atoms with E-state index in [0.29, 0.717) is 6.07 Å². The smallest absolute Gasteiger partial charge is 0.366 e. The second-order valence-electron chi connectivity index (χ2n) is 4.10. The number of benzene rings is 2. The monoisotopic (exact) mass is 283 g/mol. The average Bonchev–Trinajstić information content (AvgIpc) is 2.38. The van der Waals surface area contributed by atoms with E-state index in [1.165, 1.54) is 24.3 Å². The van der Waals surface area contributed by atoms with Crippen molar-refractivity contribution in [3.8, 4) is 11.1 Å². The molecule has 0 saturated heterocycles. The van der Waals surface area contributed by atoms with Gasteiger partial charge in [-0.25, -0.2) is 4.39 Å². The zero-order chi connectivity index (χ0) is 14.9. The first kappa shape index (κ1) is 14.0. The summed E-state index contributed by atoms with van der Waals surface area (Å²) in [7, 11) is 0. The van der Waals surface area contributed by atoms with E-state index < -0.39 is 23.5 Å². The number of amides is 1. The second-order valence-corrected chi connectivity index (χ2v) is 4.10. The molecule has 0 spiro atoms. The van der Waals surface area contributed by atoms with E-state index in [-0.39, 0.29) is 16.7 Å². The summed E-state index contributed by atoms with van der Waals surface area (Å²) in [4.78, 5) is 11.3. The van der Waals surface area contributed by atoms with E-state index in [4.69, 9.17) is 5.73 Å². The summed E-state index contributed by atoms with van der Waals surface area (Å²) in [6.07, 6.45) is -4.80. The number of nitrogens with two attached hydrogens (primary N) is 1. The molecule has 0 heterocycles. The van der Waals surface area contributed by atoms with Gasteiger partial charge in [-0.15, -0.1) is 0 Å². The Morgan fingerprint density at radius 2 is 1.70 bits per heavy atom. The lowest BCUT2D eigenvalue weighted by Crippen LogP contribution is -2.13. The van der Waals surface area contributed by atoms with Crippen LogP contribution in [0.5, 0.6) is 0 Å². The molecule has 0 atom stereocenters. The van der Waals surface area contributed by atoms with Gasteiger partial charge in [0.2, 0.25) is 5.91 Å². The van der Waals surface area contributed by atoms with Gasteiger partial charge in [0.1, 0.15) is 5.82 Å². The van der Waals surface area contributed by atoms with Gasteiger partial charge in [0.05, 0.1) is 5.56 Å². The lowest BCUT2D eigenvalue weighted by molar-refractivity contribution is -0.139. The van der Waals surface area contributed by atoms with Gasteiger partial charge in [-0.3, -0.25) is 4.79 Å². The predicted molar refractivity (Wildman–Crippen MR) is 65.4 cm³/mol. The van der Waals surface area contributed by atoms with Crippen molar-refractivity contribution in [3.05, 3.63) is 59.4 Å². The summed E-state index contributed by atoms with van der Waals surface area (Å²) in [5, 5.41) is 0. The Bertz CT molecular complexity index is 664. The highest BCUT2D eigenvalue weighted by atomic mass is 19.4. The van der Waals surface area contributed by atoms with Crippen LogP contribution in [-0.2, 0) is 6.18 Å². The Hall–Kier alpha value is -2.37. The van der Waals surface area contributed by atoms with Crippen molar-refractivity contribution in [1.82, 2.24) is 0 Å². The van der Waals surface area contributed by atoms with Crippen molar-refractivity contribution >= 4 is 5.91 Å². The summed E-state index contributed by atoms with van der Waals surface area (Å²) in [6, 6.07) is 8.50. The number of alkyl halides is 3. The maximum absolute atomic E-state index is 13.2. The van der Waals surface area contributed by atoms with Crippen LogP contribution in [0, 0.1) is 5.82 Å². The number of rotatable bonds is 2. The van der Waals surface area contributed by atoms with Crippen molar-refractivity contribution in [1.29, 1.82) is 0 Å². The van der Waals surface area contributed by atoms with Crippen LogP contribution in [0.15, 0.2) is 42.5 Å². The summed E-state index contributed by atoms with van der Waals surface area (Å²) in [5.74, 6) is -2.13. The van der Waals surface area contributed by atoms with E-state index in [0.717, 1.165) is 6.07 Å². The van der Waals surface area contributed by atoms with Gasteiger partial charge in [0, 0.05) is 5.56 Å². The van der Waals surface area contributed by atoms with Crippen molar-refractivity contribution in [2.75, 3.05) is 0 Å². The Morgan fingerprint density at radius 1 is 1.05 bits per heavy atom. The minimum Gasteiger partial charge on any atom is -0.366 e. The summed E-state index contributed by atoms with van der Waals surface area (Å²) in [5.41, 5.74) is 4.17. The minimum absolute atomic E-state index is 0.0761. The molecule has 2 aromatic carbocycles. The highest BCUT2D eigenvalue weighted by Crippen LogP contribution is 2.34. The van der Waals surface area contributed by atoms with Crippen LogP contribution in [0.4, 0.5) is 17.6 Å². The largest absolute Gasteiger partial charge is 0.419 e. The number of carbonyl (C=O) groups excluding carboxylic acids is 1. The third kappa shape index (κ3) is 2.64. The predicted octanol–water partition coefficient (Wildman–Crippen LogP) is 3.61. The number of halogens is 4. The molecule has 104 valence electrons. The molecule has 0 unspecified atom stereocenters. The van der Waals surface area contributed by atoms with Crippen LogP contribution in [-0.4, -0.2) is 5.91 Å². The Kier molecular flexibility index (Phi) is 3.48. The summed E-state index contributed by atoms with van der Waals surface area (Å²) >= 11 is 0. The first-order chi connectivity index (χ1) is 9.30. The van der Waals surface area contributed by atoms with E-state index in [1.54, 1.807) is 6.07 Å². The minimum atomic E-state index is -4.80. The van der Waals surface area contributed by atoms with E-state index in [9.17, 15) is 22.4 Å². The molecule has 0 aromatic heterocycles. The molecular formula is C14H9F4NO. The second kappa shape index (κ2) is 4.96. The van der Waals surface area contributed by atoms with Gasteiger partial charge in [-0.2, -0.15) is 13.2 Å². The fourth-order valence-electron chi connectivity index (χ4n) is 1.86. The zero-order valence-corrected chi connectivity index (χ0v) is 10.0. The van der Waals surface area contributed by atoms with Crippen molar-refractivity contribution < 1.29 is 22.4 Å². The third-order valence-corrected chi connectivity index (χ3v) is 2.78. The number of hydrogen-bond acceptors (Lipinski definition) is 1. The van der Waals surface area contributed by atoms with E-state index >= 15 is 0 Å². The highest BCUT2D eigenvalue weighted by Gasteiger charge is 2.34. The molecule has 6 heteroatoms. The molecule has 0 aliphatic rings. The maximum Gasteiger partial charge on any atom is 0.419 e. The van der Waals surface area contributed by atoms with Gasteiger partial charge in [0.15, 0.2) is 0 Å². The summed E-state index contributed by atoms with van der Waals surface area (Å²) in [6.45, 7) is 0. The molecule has 0 fully saturated rings. The summed E-state index contributed by atoms with van der Waals surface area (Å²) < 4.78 is 51.2. The molecule has 1 amide bonds. The average molecular weight is 283 g/mol. The first-order valence-corrected chi connectivity index (χ1v) is 5.56. The van der Waals surface area contributed by atoms with Gasteiger partial charge in [-0.05, 0) is 29.3 Å². The standard InChI is InChI=1S/C14H9F4NO/c15-12-6-5-8(7-11(12)14(16,17)18)9-3-1-2-4-10(9)13(19)20/h1-7H,(H2,19,20). The number of carbonyl (C=O) groups is 1. The lowest BCUT2D eigenvalue weighted by atomic mass is 9.97. The molecule has 2 rings (SSSR count). The highest BCUT2D eigenvalue weighted by molar-refractivity contribution is 5.99. The number of hydrogen-bond donors (Lipinski definition) is 1. The molecule has 0 bridgehead atoms. The first-order valence-electron chi connectivity index (χ1n) is 5.56. The Balaban J connectivity index is 2.63. The molecule has 0 aliphatic heterocycles. The molecular weight excluding hydrogens is 274 g/mol. The van der Waals surface area contributed by atoms with Crippen LogP contribution in [0.1, 0.15) is 15.9 Å². The molecule has 0 radical (unpaired) electrons. The third-order valence-electron chi connectivity index (χ3n) is 2.78. The number of primary amides is 1. The maximum atomic E-state index is 13.2. The SMILES string of the molecule is NC(=O)c1ccccc1-c1ccc(F)c(C(F)(F)F)c1. The Morgan fingerprint density at radius 3 is 2.30 bits per heavy atom. The van der Waals surface area contributed by atoms with Crippen molar-refractivity contribution in [2.45, 2.75) is 6.18 Å². The van der Waals surface area contributed by atoms with Crippen molar-refractivity contribution in [3.63, 3.8) is 0 Å². The lowest BCUT2D eigenvalue weighted by Gasteiger charge is -2.12. The fourth-order valence-corrected chi connectivity index (χ4v) is 1.86. The van der Waals surface area contributed by atoms with Gasteiger partial charge < -0.3 is 5.73 Å². The fraction of sp³-hybridized carbons (Fsp3) is 0.0714. The normalized spacial score (nSPS) is 11.4. The molecule has 0 saturated carbocycles. The quantitative estimate of drug-likeness (QED) is 0.841. The topological polar surface area (TPSA) is 43.1 Å².